The van der Waals surface area contributed by atoms with Crippen LogP contribution in [0.4, 0.5) is 0 Å². The number of rotatable bonds is 6. The molecule has 0 aliphatic heterocycles. The number of hydrogen-bond donors (Lipinski definition) is 1. The maximum atomic E-state index is 11.7. The quantitative estimate of drug-likeness (QED) is 0.855. The van der Waals surface area contributed by atoms with Crippen LogP contribution >= 0.6 is 22.9 Å². The van der Waals surface area contributed by atoms with Crippen LogP contribution in [0.2, 0.25) is 4.34 Å². The van der Waals surface area contributed by atoms with Crippen molar-refractivity contribution in [2.45, 2.75) is 6.54 Å². The van der Waals surface area contributed by atoms with E-state index in [0.717, 1.165) is 4.88 Å². The van der Waals surface area contributed by atoms with E-state index in [-0.39, 0.29) is 24.0 Å². The molecule has 0 fully saturated rings. The average Bonchev–Trinajstić information content (AvgIpc) is 2.64. The monoisotopic (exact) mass is 295 g/mol. The number of carbonyl (C=O) groups excluding carboxylic acids is 1. The molecule has 1 N–H and O–H groups in total. The number of thiophene rings is 1. The summed E-state index contributed by atoms with van der Waals surface area (Å²) in [6.07, 6.45) is 0. The van der Waals surface area contributed by atoms with E-state index >= 15 is 0 Å². The Labute approximate surface area is 112 Å². The molecule has 0 spiro atoms. The van der Waals surface area contributed by atoms with Gasteiger partial charge in [-0.15, -0.1) is 11.3 Å². The molecule has 0 aliphatic carbocycles. The van der Waals surface area contributed by atoms with Gasteiger partial charge in [0.25, 0.3) is 0 Å². The molecular weight excluding hydrogens is 282 g/mol. The van der Waals surface area contributed by atoms with E-state index in [0.29, 0.717) is 10.9 Å². The molecule has 0 aliphatic rings. The molecule has 7 heteroatoms. The predicted octanol–water partition coefficient (Wildman–Crippen LogP) is 1.10. The molecular formula is C10H14ClNO3S2. The summed E-state index contributed by atoms with van der Waals surface area (Å²) in [6, 6.07) is 3.64. The molecule has 4 nitrogen and oxygen atoms in total. The standard InChI is InChI=1S/C10H14ClNO3S2/c1-12(6-8-2-3-9(11)16-8)10(14)7-17(15)5-4-13/h2-3,13H,4-7H2,1H3. The van der Waals surface area contributed by atoms with Crippen LogP contribution in [0.15, 0.2) is 12.1 Å². The van der Waals surface area contributed by atoms with Crippen molar-refractivity contribution in [2.75, 3.05) is 25.2 Å². The SMILES string of the molecule is CN(Cc1ccc(Cl)s1)C(=O)CS(=O)CCO. The fourth-order valence-electron chi connectivity index (χ4n) is 1.18. The molecule has 1 unspecified atom stereocenters. The average molecular weight is 296 g/mol. The number of aliphatic hydroxyl groups excluding tert-OH is 1. The van der Waals surface area contributed by atoms with E-state index in [1.165, 1.54) is 16.2 Å². The second-order valence-corrected chi connectivity index (χ2v) is 6.84. The number of halogens is 1. The normalized spacial score (nSPS) is 12.4. The lowest BCUT2D eigenvalue weighted by Gasteiger charge is -2.15. The van der Waals surface area contributed by atoms with Crippen molar-refractivity contribution in [3.05, 3.63) is 21.3 Å². The van der Waals surface area contributed by atoms with Gasteiger partial charge in [-0.05, 0) is 12.1 Å². The lowest BCUT2D eigenvalue weighted by Crippen LogP contribution is -2.31. The van der Waals surface area contributed by atoms with E-state index in [9.17, 15) is 9.00 Å². The van der Waals surface area contributed by atoms with Gasteiger partial charge in [0, 0.05) is 28.5 Å². The van der Waals surface area contributed by atoms with Crippen LogP contribution in [0.1, 0.15) is 4.88 Å². The van der Waals surface area contributed by atoms with Gasteiger partial charge < -0.3 is 10.0 Å². The molecule has 0 radical (unpaired) electrons. The van der Waals surface area contributed by atoms with Gasteiger partial charge >= 0.3 is 0 Å². The Balaban J connectivity index is 2.44. The highest BCUT2D eigenvalue weighted by Gasteiger charge is 2.13. The zero-order chi connectivity index (χ0) is 12.8. The highest BCUT2D eigenvalue weighted by Crippen LogP contribution is 2.22. The topological polar surface area (TPSA) is 57.6 Å². The lowest BCUT2D eigenvalue weighted by molar-refractivity contribution is -0.127. The second kappa shape index (κ2) is 7.10. The molecule has 96 valence electrons. The second-order valence-electron chi connectivity index (χ2n) is 3.47. The third kappa shape index (κ3) is 5.16. The van der Waals surface area contributed by atoms with Gasteiger partial charge in [-0.1, -0.05) is 11.6 Å². The van der Waals surface area contributed by atoms with Crippen LogP contribution in [0.3, 0.4) is 0 Å². The molecule has 1 atom stereocenters. The fraction of sp³-hybridized carbons (Fsp3) is 0.500. The van der Waals surface area contributed by atoms with E-state index < -0.39 is 10.8 Å². The third-order valence-corrected chi connectivity index (χ3v) is 4.47. The van der Waals surface area contributed by atoms with Crippen molar-refractivity contribution < 1.29 is 14.1 Å². The molecule has 1 heterocycles. The van der Waals surface area contributed by atoms with E-state index in [4.69, 9.17) is 16.7 Å². The summed E-state index contributed by atoms with van der Waals surface area (Å²) >= 11 is 7.21. The van der Waals surface area contributed by atoms with Gasteiger partial charge in [0.1, 0.15) is 5.75 Å². The summed E-state index contributed by atoms with van der Waals surface area (Å²) < 4.78 is 12.0. The largest absolute Gasteiger partial charge is 0.395 e. The van der Waals surface area contributed by atoms with E-state index in [1.807, 2.05) is 6.07 Å². The molecule has 17 heavy (non-hydrogen) atoms. The molecule has 0 saturated heterocycles. The van der Waals surface area contributed by atoms with Crippen molar-refractivity contribution in [3.63, 3.8) is 0 Å². The van der Waals surface area contributed by atoms with Gasteiger partial charge in [-0.3, -0.25) is 9.00 Å². The maximum absolute atomic E-state index is 11.7. The Morgan fingerprint density at radius 3 is 2.82 bits per heavy atom. The highest BCUT2D eigenvalue weighted by molar-refractivity contribution is 7.85. The van der Waals surface area contributed by atoms with Crippen LogP contribution in [0, 0.1) is 0 Å². The Morgan fingerprint density at radius 1 is 1.59 bits per heavy atom. The first-order chi connectivity index (χ1) is 8.02. The van der Waals surface area contributed by atoms with Crippen molar-refractivity contribution >= 4 is 39.6 Å². The van der Waals surface area contributed by atoms with Crippen LogP contribution in [0.25, 0.3) is 0 Å². The lowest BCUT2D eigenvalue weighted by atomic mass is 10.4. The van der Waals surface area contributed by atoms with Gasteiger partial charge in [0.2, 0.25) is 5.91 Å². The van der Waals surface area contributed by atoms with Gasteiger partial charge in [0.05, 0.1) is 17.5 Å². The minimum absolute atomic E-state index is 0.0455. The fourth-order valence-corrected chi connectivity index (χ4v) is 3.17. The van der Waals surface area contributed by atoms with Gasteiger partial charge in [0.15, 0.2) is 0 Å². The van der Waals surface area contributed by atoms with E-state index in [2.05, 4.69) is 0 Å². The number of amides is 1. The summed E-state index contributed by atoms with van der Waals surface area (Å²) in [5.41, 5.74) is 0. The first kappa shape index (κ1) is 14.6. The Morgan fingerprint density at radius 2 is 2.29 bits per heavy atom. The Hall–Kier alpha value is -0.430. The molecule has 1 rings (SSSR count). The molecule has 1 aromatic heterocycles. The van der Waals surface area contributed by atoms with Crippen molar-refractivity contribution in [3.8, 4) is 0 Å². The molecule has 0 saturated carbocycles. The number of hydrogen-bond acceptors (Lipinski definition) is 4. The van der Waals surface area contributed by atoms with Crippen LogP contribution in [0.5, 0.6) is 0 Å². The number of carbonyl (C=O) groups is 1. The number of nitrogens with zero attached hydrogens (tertiary/aromatic N) is 1. The minimum Gasteiger partial charge on any atom is -0.395 e. The summed E-state index contributed by atoms with van der Waals surface area (Å²) in [4.78, 5) is 14.2. The smallest absolute Gasteiger partial charge is 0.235 e. The molecule has 0 bridgehead atoms. The zero-order valence-corrected chi connectivity index (χ0v) is 11.8. The summed E-state index contributed by atoms with van der Waals surface area (Å²) in [7, 11) is 0.371. The molecule has 1 amide bonds. The van der Waals surface area contributed by atoms with Gasteiger partial charge in [-0.25, -0.2) is 0 Å². The van der Waals surface area contributed by atoms with Crippen LogP contribution < -0.4 is 0 Å². The number of aliphatic hydroxyl groups is 1. The molecule has 1 aromatic rings. The maximum Gasteiger partial charge on any atom is 0.235 e. The summed E-state index contributed by atoms with van der Waals surface area (Å²) in [6.45, 7) is 0.302. The van der Waals surface area contributed by atoms with Crippen LogP contribution in [-0.2, 0) is 22.1 Å². The molecule has 0 aromatic carbocycles. The third-order valence-electron chi connectivity index (χ3n) is 2.05. The van der Waals surface area contributed by atoms with E-state index in [1.54, 1.807) is 13.1 Å². The Bertz CT molecular complexity index is 408. The van der Waals surface area contributed by atoms with Crippen LogP contribution in [-0.4, -0.2) is 45.3 Å². The van der Waals surface area contributed by atoms with Crippen molar-refractivity contribution in [1.82, 2.24) is 4.90 Å². The van der Waals surface area contributed by atoms with Crippen molar-refractivity contribution in [1.29, 1.82) is 0 Å². The minimum atomic E-state index is -1.29. The first-order valence-electron chi connectivity index (χ1n) is 4.97. The predicted molar refractivity (Wildman–Crippen MR) is 70.8 cm³/mol. The van der Waals surface area contributed by atoms with Crippen molar-refractivity contribution in [2.24, 2.45) is 0 Å². The Kier molecular flexibility index (Phi) is 6.11. The summed E-state index contributed by atoms with van der Waals surface area (Å²) in [5.74, 6) is -0.0954. The zero-order valence-electron chi connectivity index (χ0n) is 9.39. The summed E-state index contributed by atoms with van der Waals surface area (Å²) in [5, 5.41) is 8.60. The van der Waals surface area contributed by atoms with Gasteiger partial charge in [-0.2, -0.15) is 0 Å². The first-order valence-corrected chi connectivity index (χ1v) is 7.65. The highest BCUT2D eigenvalue weighted by atomic mass is 35.5.